The summed E-state index contributed by atoms with van der Waals surface area (Å²) in [6, 6.07) is 6.81. The van der Waals surface area contributed by atoms with Crippen LogP contribution in [0, 0.1) is 0 Å². The normalized spacial score (nSPS) is 32.8. The van der Waals surface area contributed by atoms with Crippen LogP contribution in [-0.2, 0) is 19.6 Å². The van der Waals surface area contributed by atoms with Gasteiger partial charge in [0.05, 0.1) is 31.1 Å². The lowest BCUT2D eigenvalue weighted by molar-refractivity contribution is -0.142. The summed E-state index contributed by atoms with van der Waals surface area (Å²) in [5, 5.41) is 10.7. The van der Waals surface area contributed by atoms with E-state index in [4.69, 9.17) is 9.47 Å². The maximum atomic E-state index is 13.0. The van der Waals surface area contributed by atoms with Crippen molar-refractivity contribution in [2.24, 2.45) is 0 Å². The number of nitrogens with one attached hydrogen (secondary N) is 1. The Balaban J connectivity index is 1.64. The van der Waals surface area contributed by atoms with E-state index in [-0.39, 0.29) is 31.1 Å². The molecule has 2 bridgehead atoms. The number of nitrogens with zero attached hydrogens (tertiary/aromatic N) is 1. The van der Waals surface area contributed by atoms with Gasteiger partial charge in [-0.2, -0.15) is 0 Å². The molecular formula is C21H30N2O6S. The van der Waals surface area contributed by atoms with E-state index in [2.05, 4.69) is 4.72 Å². The van der Waals surface area contributed by atoms with Gasteiger partial charge < -0.3 is 19.5 Å². The largest absolute Gasteiger partial charge is 0.483 e. The SMILES string of the molecule is CS(=O)(=O)N[C@H]1CCCN2C(=O)COc3ccccc3[C@H]3CC[C@@H](OCC12)[C@H](O)C3. The van der Waals surface area contributed by atoms with Gasteiger partial charge in [-0.25, -0.2) is 13.1 Å². The number of aliphatic hydroxyl groups excluding tert-OH is 1. The molecule has 1 saturated carbocycles. The van der Waals surface area contributed by atoms with Crippen molar-refractivity contribution in [3.8, 4) is 5.75 Å². The van der Waals surface area contributed by atoms with Gasteiger partial charge in [-0.15, -0.1) is 0 Å². The molecule has 1 amide bonds. The Morgan fingerprint density at radius 3 is 2.77 bits per heavy atom. The number of amides is 1. The highest BCUT2D eigenvalue weighted by Crippen LogP contribution is 2.39. The van der Waals surface area contributed by atoms with Crippen LogP contribution >= 0.6 is 0 Å². The topological polar surface area (TPSA) is 105 Å². The molecule has 5 rings (SSSR count). The molecule has 166 valence electrons. The number of piperidine rings is 1. The number of para-hydroxylation sites is 1. The number of aliphatic hydroxyl groups is 1. The first kappa shape index (κ1) is 21.5. The molecule has 1 aliphatic carbocycles. The fourth-order valence-electron chi connectivity index (χ4n) is 4.97. The minimum absolute atomic E-state index is 0.113. The van der Waals surface area contributed by atoms with Crippen LogP contribution in [0.2, 0.25) is 0 Å². The van der Waals surface area contributed by atoms with Crippen molar-refractivity contribution in [2.45, 2.75) is 62.3 Å². The molecule has 1 aromatic carbocycles. The Labute approximate surface area is 177 Å². The Morgan fingerprint density at radius 1 is 1.20 bits per heavy atom. The molecule has 9 heteroatoms. The van der Waals surface area contributed by atoms with E-state index in [0.717, 1.165) is 18.2 Å². The summed E-state index contributed by atoms with van der Waals surface area (Å²) in [6.07, 6.45) is 3.63. The maximum absolute atomic E-state index is 13.0. The van der Waals surface area contributed by atoms with Gasteiger partial charge in [0.15, 0.2) is 6.61 Å². The van der Waals surface area contributed by atoms with Crippen molar-refractivity contribution in [1.29, 1.82) is 0 Å². The van der Waals surface area contributed by atoms with Crippen molar-refractivity contribution >= 4 is 15.9 Å². The number of hydrogen-bond donors (Lipinski definition) is 2. The second-order valence-corrected chi connectivity index (χ2v) is 10.3. The first-order valence-electron chi connectivity index (χ1n) is 10.6. The van der Waals surface area contributed by atoms with Gasteiger partial charge in [0.25, 0.3) is 5.91 Å². The van der Waals surface area contributed by atoms with Crippen molar-refractivity contribution in [2.75, 3.05) is 26.0 Å². The molecule has 8 nitrogen and oxygen atoms in total. The highest BCUT2D eigenvalue weighted by molar-refractivity contribution is 7.88. The number of sulfonamides is 1. The molecule has 1 saturated heterocycles. The summed E-state index contributed by atoms with van der Waals surface area (Å²) in [5.41, 5.74) is 1.01. The van der Waals surface area contributed by atoms with Crippen LogP contribution in [0.3, 0.4) is 0 Å². The lowest BCUT2D eigenvalue weighted by Crippen LogP contribution is -2.60. The number of carbonyl (C=O) groups is 1. The van der Waals surface area contributed by atoms with E-state index in [9.17, 15) is 18.3 Å². The number of carbonyl (C=O) groups excluding carboxylic acids is 1. The average Bonchev–Trinajstić information content (AvgIpc) is 2.71. The first-order valence-corrected chi connectivity index (χ1v) is 12.5. The smallest absolute Gasteiger partial charge is 0.260 e. The Bertz CT molecular complexity index is 876. The monoisotopic (exact) mass is 438 g/mol. The van der Waals surface area contributed by atoms with Crippen molar-refractivity contribution in [1.82, 2.24) is 9.62 Å². The molecule has 2 N–H and O–H groups in total. The van der Waals surface area contributed by atoms with Gasteiger partial charge in [-0.3, -0.25) is 4.79 Å². The predicted molar refractivity (Wildman–Crippen MR) is 111 cm³/mol. The van der Waals surface area contributed by atoms with Crippen LogP contribution in [0.5, 0.6) is 5.75 Å². The zero-order valence-corrected chi connectivity index (χ0v) is 18.0. The lowest BCUT2D eigenvalue weighted by atomic mass is 9.80. The van der Waals surface area contributed by atoms with Crippen molar-refractivity contribution in [3.05, 3.63) is 29.8 Å². The predicted octanol–water partition coefficient (Wildman–Crippen LogP) is 1.00. The van der Waals surface area contributed by atoms with Gasteiger partial charge in [0.1, 0.15) is 5.75 Å². The number of rotatable bonds is 2. The molecule has 0 aromatic heterocycles. The van der Waals surface area contributed by atoms with E-state index in [1.807, 2.05) is 24.3 Å². The number of ether oxygens (including phenoxy) is 2. The van der Waals surface area contributed by atoms with E-state index in [1.54, 1.807) is 4.90 Å². The van der Waals surface area contributed by atoms with E-state index >= 15 is 0 Å². The molecular weight excluding hydrogens is 408 g/mol. The first-order chi connectivity index (χ1) is 14.3. The quantitative estimate of drug-likeness (QED) is 0.714. The summed E-state index contributed by atoms with van der Waals surface area (Å²) >= 11 is 0. The van der Waals surface area contributed by atoms with Gasteiger partial charge >= 0.3 is 0 Å². The third-order valence-corrected chi connectivity index (χ3v) is 7.14. The summed E-state index contributed by atoms with van der Waals surface area (Å²) < 4.78 is 38.4. The van der Waals surface area contributed by atoms with Crippen LogP contribution < -0.4 is 9.46 Å². The Morgan fingerprint density at radius 2 is 2.00 bits per heavy atom. The molecule has 30 heavy (non-hydrogen) atoms. The third kappa shape index (κ3) is 4.80. The minimum atomic E-state index is -3.43. The highest BCUT2D eigenvalue weighted by Gasteiger charge is 2.39. The van der Waals surface area contributed by atoms with E-state index < -0.39 is 28.2 Å². The second-order valence-electron chi connectivity index (χ2n) is 8.57. The van der Waals surface area contributed by atoms with Crippen molar-refractivity contribution < 1.29 is 27.8 Å². The van der Waals surface area contributed by atoms with Gasteiger partial charge in [-0.05, 0) is 49.7 Å². The number of benzene rings is 1. The Hall–Kier alpha value is -1.68. The van der Waals surface area contributed by atoms with Crippen molar-refractivity contribution in [3.63, 3.8) is 0 Å². The zero-order chi connectivity index (χ0) is 21.3. The average molecular weight is 439 g/mol. The zero-order valence-electron chi connectivity index (χ0n) is 17.2. The summed E-state index contributed by atoms with van der Waals surface area (Å²) in [6.45, 7) is 0.589. The molecule has 0 spiro atoms. The van der Waals surface area contributed by atoms with Crippen LogP contribution in [0.4, 0.5) is 0 Å². The van der Waals surface area contributed by atoms with Gasteiger partial charge in [0.2, 0.25) is 10.0 Å². The van der Waals surface area contributed by atoms with Gasteiger partial charge in [0, 0.05) is 12.6 Å². The van der Waals surface area contributed by atoms with Crippen LogP contribution in [0.15, 0.2) is 24.3 Å². The lowest BCUT2D eigenvalue weighted by Gasteiger charge is -2.42. The molecule has 5 atom stereocenters. The molecule has 1 unspecified atom stereocenters. The second kappa shape index (κ2) is 8.82. The van der Waals surface area contributed by atoms with E-state index in [1.165, 1.54) is 0 Å². The Kier molecular flexibility index (Phi) is 6.34. The fraction of sp³-hybridized carbons (Fsp3) is 0.667. The minimum Gasteiger partial charge on any atom is -0.483 e. The fourth-order valence-corrected chi connectivity index (χ4v) is 5.80. The molecule has 3 aliphatic heterocycles. The third-order valence-electron chi connectivity index (χ3n) is 6.41. The summed E-state index contributed by atoms with van der Waals surface area (Å²) in [4.78, 5) is 14.7. The summed E-state index contributed by atoms with van der Waals surface area (Å²) in [7, 11) is -3.43. The molecule has 0 radical (unpaired) electrons. The molecule has 4 aliphatic rings. The van der Waals surface area contributed by atoms with E-state index in [0.29, 0.717) is 38.0 Å². The number of fused-ring (bicyclic) bond motifs is 5. The van der Waals surface area contributed by atoms with Crippen LogP contribution in [0.25, 0.3) is 0 Å². The maximum Gasteiger partial charge on any atom is 0.260 e. The summed E-state index contributed by atoms with van der Waals surface area (Å²) in [5.74, 6) is 0.626. The van der Waals surface area contributed by atoms with Gasteiger partial charge in [-0.1, -0.05) is 18.2 Å². The standard InChI is InChI=1S/C21H30N2O6S/c1-30(26,27)22-16-6-4-10-23-17(16)12-28-20-9-8-14(11-18(20)24)15-5-2-3-7-19(15)29-13-21(23)25/h2-3,5,7,14,16-18,20,22,24H,4,6,8-13H2,1H3/t14-,16-,17?,18+,20+/m0/s1. The molecule has 3 heterocycles. The van der Waals surface area contributed by atoms with Crippen LogP contribution in [-0.4, -0.2) is 74.6 Å². The molecule has 1 aromatic rings. The van der Waals surface area contributed by atoms with Crippen LogP contribution in [0.1, 0.15) is 43.6 Å². The highest BCUT2D eigenvalue weighted by atomic mass is 32.2. The molecule has 2 fully saturated rings. The number of hydrogen-bond acceptors (Lipinski definition) is 6.